The number of pyridine rings is 1. The van der Waals surface area contributed by atoms with Gasteiger partial charge < -0.3 is 10.6 Å². The first kappa shape index (κ1) is 23.4. The zero-order valence-electron chi connectivity index (χ0n) is 17.3. The van der Waals surface area contributed by atoms with Crippen molar-refractivity contribution >= 4 is 50.9 Å². The molecule has 4 aromatic rings. The minimum Gasteiger partial charge on any atom is -0.362 e. The van der Waals surface area contributed by atoms with Crippen LogP contribution in [0.25, 0.3) is 22.4 Å². The fourth-order valence-corrected chi connectivity index (χ4v) is 4.90. The van der Waals surface area contributed by atoms with Crippen LogP contribution in [0.3, 0.4) is 0 Å². The highest BCUT2D eigenvalue weighted by molar-refractivity contribution is 7.90. The smallest absolute Gasteiger partial charge is 0.269 e. The average Bonchev–Trinajstić information content (AvgIpc) is 3.11. The minimum absolute atomic E-state index is 0. The zero-order chi connectivity index (χ0) is 22.5. The van der Waals surface area contributed by atoms with Crippen LogP contribution in [0.4, 0.5) is 10.2 Å². The monoisotopic (exact) mass is 508 g/mol. The standard InChI is InChI=1S/C21H18ClFN6O2S.ClH/c1-12-2-4-15(5-3-12)32(30,31)29-11-17(16-6-13(22)7-26-21(16)29)19-25-10-18(23)20(28-19)27-14-8-24-9-14;/h2-7,10-11,14,24H,8-9H2,1H3,(H,25,27,28);1H. The number of benzene rings is 1. The van der Waals surface area contributed by atoms with Crippen LogP contribution in [0.15, 0.2) is 53.8 Å². The molecule has 5 rings (SSSR count). The summed E-state index contributed by atoms with van der Waals surface area (Å²) in [6.07, 6.45) is 3.83. The van der Waals surface area contributed by atoms with E-state index in [1.165, 1.54) is 24.5 Å². The molecular weight excluding hydrogens is 490 g/mol. The van der Waals surface area contributed by atoms with Gasteiger partial charge in [-0.1, -0.05) is 29.3 Å². The summed E-state index contributed by atoms with van der Waals surface area (Å²) < 4.78 is 42.1. The van der Waals surface area contributed by atoms with Gasteiger partial charge in [0, 0.05) is 36.4 Å². The molecule has 2 N–H and O–H groups in total. The predicted octanol–water partition coefficient (Wildman–Crippen LogP) is 3.64. The van der Waals surface area contributed by atoms with Gasteiger partial charge in [0.15, 0.2) is 23.1 Å². The number of rotatable bonds is 5. The van der Waals surface area contributed by atoms with Gasteiger partial charge in [0.1, 0.15) is 0 Å². The number of anilines is 1. The fraction of sp³-hybridized carbons (Fsp3) is 0.190. The Balaban J connectivity index is 0.00000259. The molecule has 0 bridgehead atoms. The third-order valence-corrected chi connectivity index (χ3v) is 7.13. The van der Waals surface area contributed by atoms with E-state index < -0.39 is 15.8 Å². The summed E-state index contributed by atoms with van der Waals surface area (Å²) in [6.45, 7) is 3.28. The van der Waals surface area contributed by atoms with Gasteiger partial charge in [-0.3, -0.25) is 0 Å². The Morgan fingerprint density at radius 1 is 1.18 bits per heavy atom. The Bertz CT molecular complexity index is 1440. The highest BCUT2D eigenvalue weighted by Gasteiger charge is 2.25. The van der Waals surface area contributed by atoms with Gasteiger partial charge in [-0.05, 0) is 25.1 Å². The van der Waals surface area contributed by atoms with Crippen LogP contribution in [-0.2, 0) is 10.0 Å². The second-order valence-electron chi connectivity index (χ2n) is 7.57. The lowest BCUT2D eigenvalue weighted by molar-refractivity contribution is 0.467. The number of hydrogen-bond acceptors (Lipinski definition) is 7. The topological polar surface area (TPSA) is 102 Å². The highest BCUT2D eigenvalue weighted by atomic mass is 35.5. The molecule has 0 amide bonds. The van der Waals surface area contributed by atoms with Crippen molar-refractivity contribution in [3.63, 3.8) is 0 Å². The van der Waals surface area contributed by atoms with Gasteiger partial charge in [0.25, 0.3) is 10.0 Å². The van der Waals surface area contributed by atoms with Crippen molar-refractivity contribution in [3.05, 3.63) is 65.3 Å². The molecule has 0 unspecified atom stereocenters. The molecule has 0 aliphatic carbocycles. The Morgan fingerprint density at radius 2 is 1.91 bits per heavy atom. The normalized spacial score (nSPS) is 14.0. The van der Waals surface area contributed by atoms with Gasteiger partial charge in [-0.25, -0.2) is 31.7 Å². The number of halogens is 3. The SMILES string of the molecule is Cc1ccc(S(=O)(=O)n2cc(-c3ncc(F)c(NC4CNC4)n3)c3cc(Cl)cnc32)cc1.Cl. The van der Waals surface area contributed by atoms with Crippen molar-refractivity contribution in [1.82, 2.24) is 24.2 Å². The molecule has 172 valence electrons. The van der Waals surface area contributed by atoms with Gasteiger partial charge in [0.05, 0.1) is 22.2 Å². The zero-order valence-corrected chi connectivity index (χ0v) is 19.7. The van der Waals surface area contributed by atoms with E-state index in [1.807, 2.05) is 6.92 Å². The van der Waals surface area contributed by atoms with E-state index in [9.17, 15) is 12.8 Å². The number of aromatic nitrogens is 4. The van der Waals surface area contributed by atoms with Crippen LogP contribution < -0.4 is 10.6 Å². The quantitative estimate of drug-likeness (QED) is 0.424. The number of aryl methyl sites for hydroxylation is 1. The van der Waals surface area contributed by atoms with Crippen LogP contribution in [0, 0.1) is 12.7 Å². The lowest BCUT2D eigenvalue weighted by atomic mass is 10.2. The van der Waals surface area contributed by atoms with E-state index in [-0.39, 0.29) is 40.6 Å². The summed E-state index contributed by atoms with van der Waals surface area (Å²) in [5, 5.41) is 6.89. The Hall–Kier alpha value is -2.79. The van der Waals surface area contributed by atoms with Crippen molar-refractivity contribution in [3.8, 4) is 11.4 Å². The molecule has 0 radical (unpaired) electrons. The molecule has 4 heterocycles. The number of nitrogens with one attached hydrogen (secondary N) is 2. The third-order valence-electron chi connectivity index (χ3n) is 5.26. The number of nitrogens with zero attached hydrogens (tertiary/aromatic N) is 4. The van der Waals surface area contributed by atoms with Crippen LogP contribution in [0.1, 0.15) is 5.56 Å². The molecule has 1 aromatic carbocycles. The van der Waals surface area contributed by atoms with E-state index in [1.54, 1.807) is 18.2 Å². The Kier molecular flexibility index (Phi) is 6.28. The van der Waals surface area contributed by atoms with E-state index in [0.29, 0.717) is 29.1 Å². The van der Waals surface area contributed by atoms with Crippen LogP contribution in [0.5, 0.6) is 0 Å². The summed E-state index contributed by atoms with van der Waals surface area (Å²) >= 11 is 6.15. The molecule has 1 aliphatic heterocycles. The van der Waals surface area contributed by atoms with Gasteiger partial charge >= 0.3 is 0 Å². The lowest BCUT2D eigenvalue weighted by Crippen LogP contribution is -2.51. The van der Waals surface area contributed by atoms with Crippen molar-refractivity contribution < 1.29 is 12.8 Å². The van der Waals surface area contributed by atoms with Gasteiger partial charge in [-0.2, -0.15) is 0 Å². The van der Waals surface area contributed by atoms with Gasteiger partial charge in [0.2, 0.25) is 0 Å². The van der Waals surface area contributed by atoms with Crippen molar-refractivity contribution in [2.24, 2.45) is 0 Å². The second kappa shape index (κ2) is 8.86. The van der Waals surface area contributed by atoms with E-state index in [2.05, 4.69) is 25.6 Å². The summed E-state index contributed by atoms with van der Waals surface area (Å²) in [6, 6.07) is 8.17. The Morgan fingerprint density at radius 3 is 2.58 bits per heavy atom. The third kappa shape index (κ3) is 4.26. The summed E-state index contributed by atoms with van der Waals surface area (Å²) in [5.41, 5.74) is 1.49. The Labute approximate surface area is 200 Å². The maximum absolute atomic E-state index is 14.3. The van der Waals surface area contributed by atoms with Crippen LogP contribution in [0.2, 0.25) is 5.02 Å². The van der Waals surface area contributed by atoms with Crippen LogP contribution in [-0.4, -0.2) is 46.5 Å². The molecular formula is C21H19Cl2FN6O2S. The largest absolute Gasteiger partial charge is 0.362 e. The average molecular weight is 509 g/mol. The molecule has 0 atom stereocenters. The van der Waals surface area contributed by atoms with Crippen molar-refractivity contribution in [1.29, 1.82) is 0 Å². The molecule has 8 nitrogen and oxygen atoms in total. The fourth-order valence-electron chi connectivity index (χ4n) is 3.42. The number of hydrogen-bond donors (Lipinski definition) is 2. The molecule has 12 heteroatoms. The predicted molar refractivity (Wildman–Crippen MR) is 127 cm³/mol. The highest BCUT2D eigenvalue weighted by Crippen LogP contribution is 2.32. The molecule has 0 spiro atoms. The molecule has 1 aliphatic rings. The van der Waals surface area contributed by atoms with E-state index in [4.69, 9.17) is 11.6 Å². The summed E-state index contributed by atoms with van der Waals surface area (Å²) in [7, 11) is -3.96. The van der Waals surface area contributed by atoms with Crippen molar-refractivity contribution in [2.75, 3.05) is 18.4 Å². The first-order chi connectivity index (χ1) is 15.3. The maximum Gasteiger partial charge on any atom is 0.269 e. The van der Waals surface area contributed by atoms with Crippen LogP contribution >= 0.6 is 24.0 Å². The second-order valence-corrected chi connectivity index (χ2v) is 9.82. The first-order valence-corrected chi connectivity index (χ1v) is 11.6. The summed E-state index contributed by atoms with van der Waals surface area (Å²) in [5.74, 6) is -0.375. The lowest BCUT2D eigenvalue weighted by Gasteiger charge is -2.28. The minimum atomic E-state index is -3.96. The molecule has 1 saturated heterocycles. The summed E-state index contributed by atoms with van der Waals surface area (Å²) in [4.78, 5) is 12.8. The van der Waals surface area contributed by atoms with Gasteiger partial charge in [-0.15, -0.1) is 12.4 Å². The van der Waals surface area contributed by atoms with E-state index in [0.717, 1.165) is 15.7 Å². The first-order valence-electron chi connectivity index (χ1n) is 9.82. The van der Waals surface area contributed by atoms with E-state index >= 15 is 0 Å². The maximum atomic E-state index is 14.3. The number of fused-ring (bicyclic) bond motifs is 1. The molecule has 0 saturated carbocycles. The molecule has 33 heavy (non-hydrogen) atoms. The molecule has 1 fully saturated rings. The molecule has 3 aromatic heterocycles. The van der Waals surface area contributed by atoms with Crippen molar-refractivity contribution in [2.45, 2.75) is 17.9 Å².